The van der Waals surface area contributed by atoms with Gasteiger partial charge in [0.2, 0.25) is 0 Å². The van der Waals surface area contributed by atoms with E-state index in [1.165, 1.54) is 44.4 Å². The summed E-state index contributed by atoms with van der Waals surface area (Å²) in [5.41, 5.74) is 0. The maximum atomic E-state index is 3.34. The molecular weight excluding hydrogens is 130 g/mol. The Kier molecular flexibility index (Phi) is 4.22. The first kappa shape index (κ1) is 7.42. The van der Waals surface area contributed by atoms with Crippen molar-refractivity contribution in [1.29, 1.82) is 0 Å². The van der Waals surface area contributed by atoms with Gasteiger partial charge in [-0.15, -0.1) is 0 Å². The molecule has 1 heterocycles. The number of nitrogens with one attached hydrogen (secondary N) is 1. The molecule has 0 atom stereocenters. The maximum absolute atomic E-state index is 3.34. The summed E-state index contributed by atoms with van der Waals surface area (Å²) in [5, 5.41) is 0. The van der Waals surface area contributed by atoms with Crippen molar-refractivity contribution in [3.05, 3.63) is 0 Å². The second kappa shape index (κ2) is 5.12. The summed E-state index contributed by atoms with van der Waals surface area (Å²) in [6, 6.07) is 0. The molecule has 1 N–H and O–H groups in total. The van der Waals surface area contributed by atoms with Crippen LogP contribution < -0.4 is 4.72 Å². The minimum Gasteiger partial charge on any atom is -0.264 e. The molecule has 0 aromatic carbocycles. The molecule has 0 spiro atoms. The highest BCUT2D eigenvalue weighted by atomic mass is 32.2. The highest BCUT2D eigenvalue weighted by molar-refractivity contribution is 7.97. The molecule has 0 amide bonds. The molecule has 1 aliphatic heterocycles. The molecule has 1 aliphatic rings. The Hall–Kier alpha value is 0.310. The van der Waals surface area contributed by atoms with Gasteiger partial charge in [0.15, 0.2) is 0 Å². The molecule has 0 aliphatic carbocycles. The van der Waals surface area contributed by atoms with Crippen LogP contribution in [0.25, 0.3) is 0 Å². The minimum absolute atomic E-state index is 1.21. The fourth-order valence-electron chi connectivity index (χ4n) is 1.05. The lowest BCUT2D eigenvalue weighted by Gasteiger charge is -1.97. The van der Waals surface area contributed by atoms with Gasteiger partial charge in [0.25, 0.3) is 0 Å². The zero-order chi connectivity index (χ0) is 6.36. The zero-order valence-corrected chi connectivity index (χ0v) is 6.67. The molecule has 1 rings (SSSR count). The van der Waals surface area contributed by atoms with E-state index in [-0.39, 0.29) is 0 Å². The van der Waals surface area contributed by atoms with Crippen LogP contribution in [0.3, 0.4) is 0 Å². The average molecular weight is 145 g/mol. The number of hydrogen-bond acceptors (Lipinski definition) is 2. The van der Waals surface area contributed by atoms with Gasteiger partial charge in [-0.1, -0.05) is 31.2 Å². The molecule has 2 heteroatoms. The Morgan fingerprint density at radius 3 is 2.67 bits per heavy atom. The highest BCUT2D eigenvalue weighted by Gasteiger charge is 1.95. The largest absolute Gasteiger partial charge is 0.264 e. The fraction of sp³-hybridized carbons (Fsp3) is 1.00. The summed E-state index contributed by atoms with van der Waals surface area (Å²) in [7, 11) is 0. The summed E-state index contributed by atoms with van der Waals surface area (Å²) in [6.07, 6.45) is 7.08. The highest BCUT2D eigenvalue weighted by Crippen LogP contribution is 2.09. The standard InChI is InChI=1S/C7H15NS/c1-2-4-6-8-9-7-5-3-1/h8H,1-7H2. The van der Waals surface area contributed by atoms with E-state index in [9.17, 15) is 0 Å². The minimum atomic E-state index is 1.21. The van der Waals surface area contributed by atoms with Gasteiger partial charge in [0.1, 0.15) is 0 Å². The Morgan fingerprint density at radius 1 is 0.889 bits per heavy atom. The van der Waals surface area contributed by atoms with Crippen LogP contribution in [-0.2, 0) is 0 Å². The lowest BCUT2D eigenvalue weighted by atomic mass is 10.2. The van der Waals surface area contributed by atoms with E-state index in [1.54, 1.807) is 0 Å². The van der Waals surface area contributed by atoms with Crippen molar-refractivity contribution in [2.24, 2.45) is 0 Å². The van der Waals surface area contributed by atoms with Crippen molar-refractivity contribution in [3.63, 3.8) is 0 Å². The SMILES string of the molecule is C1CCCNSCCC1. The van der Waals surface area contributed by atoms with Gasteiger partial charge in [-0.25, -0.2) is 0 Å². The van der Waals surface area contributed by atoms with Crippen LogP contribution in [0.4, 0.5) is 0 Å². The average Bonchev–Trinajstić information content (AvgIpc) is 2.00. The molecule has 0 unspecified atom stereocenters. The first-order chi connectivity index (χ1) is 4.50. The van der Waals surface area contributed by atoms with Crippen molar-refractivity contribution >= 4 is 11.9 Å². The third kappa shape index (κ3) is 3.82. The number of rotatable bonds is 0. The lowest BCUT2D eigenvalue weighted by molar-refractivity contribution is 0.641. The van der Waals surface area contributed by atoms with E-state index < -0.39 is 0 Å². The van der Waals surface area contributed by atoms with Gasteiger partial charge < -0.3 is 0 Å². The summed E-state index contributed by atoms with van der Waals surface area (Å²) >= 11 is 1.89. The van der Waals surface area contributed by atoms with Crippen LogP contribution in [0.1, 0.15) is 32.1 Å². The zero-order valence-electron chi connectivity index (χ0n) is 5.86. The third-order valence-corrected chi connectivity index (χ3v) is 2.53. The van der Waals surface area contributed by atoms with Crippen molar-refractivity contribution < 1.29 is 0 Å². The molecule has 0 aromatic rings. The molecule has 0 radical (unpaired) electrons. The molecule has 9 heavy (non-hydrogen) atoms. The van der Waals surface area contributed by atoms with Crippen LogP contribution >= 0.6 is 11.9 Å². The van der Waals surface area contributed by atoms with Gasteiger partial charge in [0.05, 0.1) is 0 Å². The van der Waals surface area contributed by atoms with Crippen LogP contribution in [0.5, 0.6) is 0 Å². The van der Waals surface area contributed by atoms with Gasteiger partial charge in [0, 0.05) is 12.3 Å². The predicted molar refractivity (Wildman–Crippen MR) is 43.5 cm³/mol. The van der Waals surface area contributed by atoms with Crippen LogP contribution in [-0.4, -0.2) is 12.3 Å². The summed E-state index contributed by atoms with van der Waals surface area (Å²) in [5.74, 6) is 1.31. The summed E-state index contributed by atoms with van der Waals surface area (Å²) in [4.78, 5) is 0. The normalized spacial score (nSPS) is 24.0. The van der Waals surface area contributed by atoms with Crippen LogP contribution in [0, 0.1) is 0 Å². The van der Waals surface area contributed by atoms with E-state index >= 15 is 0 Å². The molecule has 0 bridgehead atoms. The molecule has 1 nitrogen and oxygen atoms in total. The van der Waals surface area contributed by atoms with E-state index in [1.807, 2.05) is 11.9 Å². The Balaban J connectivity index is 2.02. The van der Waals surface area contributed by atoms with Gasteiger partial charge in [-0.05, 0) is 12.8 Å². The Bertz CT molecular complexity index is 37.4. The first-order valence-corrected chi connectivity index (χ1v) is 4.83. The first-order valence-electron chi connectivity index (χ1n) is 3.85. The quantitative estimate of drug-likeness (QED) is 0.524. The maximum Gasteiger partial charge on any atom is 0.00786 e. The second-order valence-corrected chi connectivity index (χ2v) is 3.50. The van der Waals surface area contributed by atoms with E-state index in [4.69, 9.17) is 0 Å². The molecule has 1 saturated heterocycles. The monoisotopic (exact) mass is 145 g/mol. The Morgan fingerprint density at radius 2 is 1.67 bits per heavy atom. The molecule has 54 valence electrons. The lowest BCUT2D eigenvalue weighted by Crippen LogP contribution is -2.04. The van der Waals surface area contributed by atoms with Crippen molar-refractivity contribution in [2.75, 3.05) is 12.3 Å². The third-order valence-electron chi connectivity index (χ3n) is 1.63. The molecular formula is C7H15NS. The molecule has 0 aromatic heterocycles. The van der Waals surface area contributed by atoms with Crippen molar-refractivity contribution in [1.82, 2.24) is 4.72 Å². The van der Waals surface area contributed by atoms with E-state index in [2.05, 4.69) is 4.72 Å². The van der Waals surface area contributed by atoms with E-state index in [0.29, 0.717) is 0 Å². The smallest absolute Gasteiger partial charge is 0.00786 e. The summed E-state index contributed by atoms with van der Waals surface area (Å²) < 4.78 is 3.34. The van der Waals surface area contributed by atoms with Crippen LogP contribution in [0.15, 0.2) is 0 Å². The van der Waals surface area contributed by atoms with Gasteiger partial charge in [-0.3, -0.25) is 4.72 Å². The topological polar surface area (TPSA) is 12.0 Å². The number of hydrogen-bond donors (Lipinski definition) is 1. The second-order valence-electron chi connectivity index (χ2n) is 2.51. The molecule has 0 saturated carbocycles. The Labute approximate surface area is 61.7 Å². The summed E-state index contributed by atoms with van der Waals surface area (Å²) in [6.45, 7) is 1.21. The van der Waals surface area contributed by atoms with Gasteiger partial charge in [-0.2, -0.15) is 0 Å². The molecule has 1 fully saturated rings. The van der Waals surface area contributed by atoms with E-state index in [0.717, 1.165) is 0 Å². The fourth-order valence-corrected chi connectivity index (χ4v) is 1.83. The van der Waals surface area contributed by atoms with Gasteiger partial charge >= 0.3 is 0 Å². The van der Waals surface area contributed by atoms with Crippen molar-refractivity contribution in [3.8, 4) is 0 Å². The van der Waals surface area contributed by atoms with Crippen LogP contribution in [0.2, 0.25) is 0 Å². The predicted octanol–water partition coefficient (Wildman–Crippen LogP) is 2.19. The van der Waals surface area contributed by atoms with Crippen molar-refractivity contribution in [2.45, 2.75) is 32.1 Å².